The van der Waals surface area contributed by atoms with E-state index in [4.69, 9.17) is 28.8 Å². The Morgan fingerprint density at radius 3 is 2.72 bits per heavy atom. The summed E-state index contributed by atoms with van der Waals surface area (Å²) in [7, 11) is 1.46. The van der Waals surface area contributed by atoms with Crippen molar-refractivity contribution in [1.29, 1.82) is 0 Å². The molecule has 2 saturated heterocycles. The van der Waals surface area contributed by atoms with Gasteiger partial charge in [-0.05, 0) is 30.5 Å². The van der Waals surface area contributed by atoms with Crippen molar-refractivity contribution in [2.24, 2.45) is 4.95 Å². The molecule has 0 bridgehead atoms. The molecule has 3 aromatic heterocycles. The normalized spacial score (nSPS) is 26.6. The lowest BCUT2D eigenvalue weighted by atomic mass is 10.0. The summed E-state index contributed by atoms with van der Waals surface area (Å²) in [5, 5.41) is 2.49. The topological polar surface area (TPSA) is 221 Å². The minimum absolute atomic E-state index is 0.0868. The van der Waals surface area contributed by atoms with Gasteiger partial charge >= 0.3 is 13.5 Å². The maximum atomic E-state index is 13.4. The van der Waals surface area contributed by atoms with E-state index < -0.39 is 50.1 Å². The van der Waals surface area contributed by atoms with Gasteiger partial charge < -0.3 is 25.0 Å². The van der Waals surface area contributed by atoms with Crippen LogP contribution in [0.2, 0.25) is 0 Å². The third-order valence-corrected chi connectivity index (χ3v) is 9.65. The van der Waals surface area contributed by atoms with Crippen molar-refractivity contribution in [1.82, 2.24) is 29.8 Å². The fourth-order valence-corrected chi connectivity index (χ4v) is 6.91. The number of nitroso groups, excluding NO2 is 1. The summed E-state index contributed by atoms with van der Waals surface area (Å²) in [6.07, 6.45) is 2.25. The van der Waals surface area contributed by atoms with Crippen LogP contribution in [0.3, 0.4) is 0 Å². The van der Waals surface area contributed by atoms with Crippen LogP contribution in [0.25, 0.3) is 11.2 Å². The van der Waals surface area contributed by atoms with Gasteiger partial charge in [-0.2, -0.15) is 0 Å². The van der Waals surface area contributed by atoms with Gasteiger partial charge in [-0.15, -0.1) is 4.91 Å². The fraction of sp³-hybridized carbons (Fsp3) is 0.500. The number of imidazole rings is 1. The molecule has 2 fully saturated rings. The third-order valence-electron chi connectivity index (χ3n) is 6.75. The molecule has 5 heterocycles. The van der Waals surface area contributed by atoms with Crippen LogP contribution in [0.15, 0.2) is 35.9 Å². The van der Waals surface area contributed by atoms with Crippen molar-refractivity contribution < 1.29 is 37.0 Å². The van der Waals surface area contributed by atoms with Crippen molar-refractivity contribution in [2.75, 3.05) is 26.0 Å². The van der Waals surface area contributed by atoms with Gasteiger partial charge in [0, 0.05) is 24.6 Å². The highest BCUT2D eigenvalue weighted by Crippen LogP contribution is 2.58. The largest absolute Gasteiger partial charge is 0.405 e. The molecule has 43 heavy (non-hydrogen) atoms. The van der Waals surface area contributed by atoms with Crippen LogP contribution in [0.5, 0.6) is 0 Å². The molecule has 2 aliphatic heterocycles. The highest BCUT2D eigenvalue weighted by atomic mass is 32.7. The van der Waals surface area contributed by atoms with Crippen LogP contribution in [-0.2, 0) is 32.2 Å². The van der Waals surface area contributed by atoms with Crippen LogP contribution in [-0.4, -0.2) is 69.0 Å². The SMILES string of the molecule is CNC(=O)c1cc([C@@H]2O[C@H](COP(=O)(S)N=O)C[C@H]2OP(=O)(S)OC[C@@H]2CC[C@H](n3cnc4c(N)ncnc43)O2)ccn1. The van der Waals surface area contributed by atoms with E-state index in [9.17, 15) is 18.8 Å². The fourth-order valence-electron chi connectivity index (χ4n) is 4.79. The number of aromatic nitrogens is 5. The molecule has 5 rings (SSSR count). The molecule has 2 aliphatic rings. The Morgan fingerprint density at radius 2 is 1.95 bits per heavy atom. The molecule has 7 atom stereocenters. The number of thiol groups is 2. The number of nitrogen functional groups attached to an aromatic ring is 1. The number of ether oxygens (including phenoxy) is 2. The second-order valence-corrected chi connectivity index (χ2v) is 15.4. The molecule has 21 heteroatoms. The minimum Gasteiger partial charge on any atom is -0.382 e. The van der Waals surface area contributed by atoms with Gasteiger partial charge in [-0.25, -0.2) is 19.5 Å². The van der Waals surface area contributed by atoms with Gasteiger partial charge in [-0.1, -0.05) is 24.5 Å². The van der Waals surface area contributed by atoms with Crippen LogP contribution in [0.4, 0.5) is 5.82 Å². The first-order valence-electron chi connectivity index (χ1n) is 12.9. The molecule has 3 N–H and O–H groups in total. The molecule has 2 unspecified atom stereocenters. The molecular weight excluding hydrogens is 646 g/mol. The van der Waals surface area contributed by atoms with Gasteiger partial charge in [-0.3, -0.25) is 28.0 Å². The van der Waals surface area contributed by atoms with Gasteiger partial charge in [0.2, 0.25) is 0 Å². The summed E-state index contributed by atoms with van der Waals surface area (Å²) in [6, 6.07) is 3.09. The Hall–Kier alpha value is -2.47. The van der Waals surface area contributed by atoms with E-state index in [-0.39, 0.29) is 31.1 Å². The van der Waals surface area contributed by atoms with Crippen LogP contribution in [0, 0.1) is 4.91 Å². The molecule has 0 spiro atoms. The van der Waals surface area contributed by atoms with E-state index in [0.717, 1.165) is 0 Å². The van der Waals surface area contributed by atoms with Crippen molar-refractivity contribution in [3.8, 4) is 0 Å². The van der Waals surface area contributed by atoms with Gasteiger partial charge in [0.15, 0.2) is 11.5 Å². The number of carbonyl (C=O) groups is 1. The lowest BCUT2D eigenvalue weighted by molar-refractivity contribution is -0.0223. The van der Waals surface area contributed by atoms with Crippen molar-refractivity contribution in [2.45, 2.75) is 49.9 Å². The summed E-state index contributed by atoms with van der Waals surface area (Å²) in [5.74, 6) is -0.169. The summed E-state index contributed by atoms with van der Waals surface area (Å²) < 4.78 is 55.5. The maximum Gasteiger partial charge on any atom is 0.405 e. The van der Waals surface area contributed by atoms with E-state index in [1.54, 1.807) is 17.0 Å². The first-order valence-corrected chi connectivity index (χ1v) is 18.3. The van der Waals surface area contributed by atoms with E-state index in [1.165, 1.54) is 25.6 Å². The van der Waals surface area contributed by atoms with E-state index in [0.29, 0.717) is 29.6 Å². The van der Waals surface area contributed by atoms with Crippen LogP contribution < -0.4 is 11.1 Å². The summed E-state index contributed by atoms with van der Waals surface area (Å²) >= 11 is 7.79. The zero-order chi connectivity index (χ0) is 30.8. The smallest absolute Gasteiger partial charge is 0.382 e. The second-order valence-electron chi connectivity index (χ2n) is 9.62. The zero-order valence-corrected chi connectivity index (χ0v) is 26.1. The monoisotopic (exact) mass is 674 g/mol. The molecule has 0 saturated carbocycles. The molecule has 1 amide bonds. The lowest BCUT2D eigenvalue weighted by Crippen LogP contribution is -2.21. The predicted molar refractivity (Wildman–Crippen MR) is 158 cm³/mol. The number of nitrogens with two attached hydrogens (primary N) is 1. The van der Waals surface area contributed by atoms with Crippen molar-refractivity contribution in [3.05, 3.63) is 47.1 Å². The number of fused-ring (bicyclic) bond motifs is 1. The number of carbonyl (C=O) groups excluding carboxylic acids is 1. The number of hydrogen-bond donors (Lipinski definition) is 4. The van der Waals surface area contributed by atoms with Crippen molar-refractivity contribution >= 4 is 60.9 Å². The molecule has 0 aliphatic carbocycles. The van der Waals surface area contributed by atoms with Crippen LogP contribution >= 0.6 is 38.0 Å². The maximum absolute atomic E-state index is 13.4. The zero-order valence-electron chi connectivity index (χ0n) is 22.5. The minimum atomic E-state index is -4.01. The average molecular weight is 675 g/mol. The number of nitrogens with one attached hydrogen (secondary N) is 1. The van der Waals surface area contributed by atoms with E-state index in [2.05, 4.69) is 54.7 Å². The number of anilines is 1. The Balaban J connectivity index is 1.24. The summed E-state index contributed by atoms with van der Waals surface area (Å²) in [4.78, 5) is 41.7. The standard InChI is InChI=1S/C22H28N8O9P2S2/c1-24-22(31)15-6-12(4-5-25-15)19-16(7-14(38-19)9-35-40(33,42)29-32)39-41(34,43)36-8-13-2-3-17(37-13)30-11-28-18-20(23)26-10-27-21(18)30/h4-6,10-11,13-14,16-17,19H,2-3,7-9H2,1H3,(H,24,31)(H,33,42)(H,34,43)(H2,23,26,27)/t13-,14-,16+,17+,19-,40?,41?/m0/s1. The highest BCUT2D eigenvalue weighted by molar-refractivity contribution is 8.45. The van der Waals surface area contributed by atoms with Gasteiger partial charge in [0.1, 0.15) is 36.0 Å². The predicted octanol–water partition coefficient (Wildman–Crippen LogP) is 3.63. The Labute approximate surface area is 255 Å². The third kappa shape index (κ3) is 7.61. The highest BCUT2D eigenvalue weighted by Gasteiger charge is 2.42. The lowest BCUT2D eigenvalue weighted by Gasteiger charge is -2.23. The number of amides is 1. The van der Waals surface area contributed by atoms with Gasteiger partial charge in [0.05, 0.1) is 31.7 Å². The average Bonchev–Trinajstić information content (AvgIpc) is 3.73. The molecular formula is C22H28N8O9P2S2. The van der Waals surface area contributed by atoms with E-state index in [1.807, 2.05) is 0 Å². The molecule has 17 nitrogen and oxygen atoms in total. The van der Waals surface area contributed by atoms with Crippen LogP contribution in [0.1, 0.15) is 47.6 Å². The van der Waals surface area contributed by atoms with Crippen molar-refractivity contribution in [3.63, 3.8) is 0 Å². The Kier molecular flexibility index (Phi) is 9.85. The Morgan fingerprint density at radius 1 is 1.16 bits per heavy atom. The number of hydrogen-bond acceptors (Lipinski definition) is 14. The quantitative estimate of drug-likeness (QED) is 0.122. The van der Waals surface area contributed by atoms with Gasteiger partial charge in [0.25, 0.3) is 5.91 Å². The summed E-state index contributed by atoms with van der Waals surface area (Å²) in [6.45, 7) is -8.41. The first kappa shape index (κ1) is 31.9. The molecule has 3 aromatic rings. The molecule has 232 valence electrons. The number of nitrogens with zero attached hydrogens (tertiary/aromatic N) is 6. The Bertz CT molecular complexity index is 1600. The van der Waals surface area contributed by atoms with E-state index >= 15 is 0 Å². The first-order chi connectivity index (χ1) is 20.5. The molecule has 0 aromatic carbocycles. The second kappa shape index (κ2) is 13.3. The molecule has 0 radical (unpaired) electrons. The summed E-state index contributed by atoms with van der Waals surface area (Å²) in [5.41, 5.74) is 7.47. The number of rotatable bonds is 12. The number of pyridine rings is 1.